The van der Waals surface area contributed by atoms with Gasteiger partial charge in [0.05, 0.1) is 0 Å². The SMILES string of the molecule is CC(C)C1(O)COc2cc3oc(=O)ccc3cc2O1. The van der Waals surface area contributed by atoms with Crippen molar-refractivity contribution in [1.82, 2.24) is 0 Å². The first-order valence-corrected chi connectivity index (χ1v) is 6.10. The molecule has 5 nitrogen and oxygen atoms in total. The lowest BCUT2D eigenvalue weighted by Crippen LogP contribution is -2.49. The Morgan fingerprint density at radius 2 is 2.05 bits per heavy atom. The topological polar surface area (TPSA) is 68.9 Å². The predicted octanol–water partition coefficient (Wildman–Crippen LogP) is 1.91. The maximum Gasteiger partial charge on any atom is 0.336 e. The summed E-state index contributed by atoms with van der Waals surface area (Å²) in [7, 11) is 0. The second-order valence-corrected chi connectivity index (χ2v) is 4.98. The first kappa shape index (κ1) is 12.0. The fourth-order valence-electron chi connectivity index (χ4n) is 1.95. The molecule has 0 aliphatic carbocycles. The van der Waals surface area contributed by atoms with Gasteiger partial charge in [-0.05, 0) is 12.1 Å². The molecular weight excluding hydrogens is 248 g/mol. The number of aliphatic hydroxyl groups is 1. The van der Waals surface area contributed by atoms with Gasteiger partial charge in [0.25, 0.3) is 0 Å². The highest BCUT2D eigenvalue weighted by Crippen LogP contribution is 2.39. The van der Waals surface area contributed by atoms with Crippen LogP contribution in [0.5, 0.6) is 11.5 Å². The third-order valence-corrected chi connectivity index (χ3v) is 3.31. The minimum atomic E-state index is -1.34. The van der Waals surface area contributed by atoms with E-state index >= 15 is 0 Å². The van der Waals surface area contributed by atoms with Crippen LogP contribution in [0.15, 0.2) is 33.5 Å². The van der Waals surface area contributed by atoms with E-state index in [0.717, 1.165) is 5.39 Å². The molecule has 0 amide bonds. The summed E-state index contributed by atoms with van der Waals surface area (Å²) in [4.78, 5) is 11.2. The molecule has 1 aliphatic rings. The molecule has 19 heavy (non-hydrogen) atoms. The zero-order chi connectivity index (χ0) is 13.6. The molecule has 5 heteroatoms. The summed E-state index contributed by atoms with van der Waals surface area (Å²) in [6.45, 7) is 3.75. The van der Waals surface area contributed by atoms with E-state index < -0.39 is 11.4 Å². The van der Waals surface area contributed by atoms with Gasteiger partial charge in [-0.3, -0.25) is 0 Å². The lowest BCUT2D eigenvalue weighted by Gasteiger charge is -2.36. The maximum absolute atomic E-state index is 11.2. The third kappa shape index (κ3) is 1.96. The van der Waals surface area contributed by atoms with Crippen molar-refractivity contribution in [3.8, 4) is 11.5 Å². The quantitative estimate of drug-likeness (QED) is 0.795. The molecule has 0 fully saturated rings. The maximum atomic E-state index is 11.2. The fraction of sp³-hybridized carbons (Fsp3) is 0.357. The number of ether oxygens (including phenoxy) is 2. The van der Waals surface area contributed by atoms with Crippen LogP contribution in [0.2, 0.25) is 0 Å². The second kappa shape index (κ2) is 3.99. The van der Waals surface area contributed by atoms with Gasteiger partial charge in [0.1, 0.15) is 5.58 Å². The largest absolute Gasteiger partial charge is 0.483 e. The van der Waals surface area contributed by atoms with Crippen LogP contribution in [-0.2, 0) is 0 Å². The summed E-state index contributed by atoms with van der Waals surface area (Å²) in [6.07, 6.45) is 0. The molecular formula is C14H14O5. The van der Waals surface area contributed by atoms with Gasteiger partial charge < -0.3 is 19.0 Å². The van der Waals surface area contributed by atoms with Crippen molar-refractivity contribution in [3.05, 3.63) is 34.7 Å². The molecule has 1 aromatic heterocycles. The molecule has 1 unspecified atom stereocenters. The van der Waals surface area contributed by atoms with Gasteiger partial charge in [-0.15, -0.1) is 0 Å². The first-order valence-electron chi connectivity index (χ1n) is 6.10. The normalized spacial score (nSPS) is 21.9. The minimum absolute atomic E-state index is 0.0419. The molecule has 0 spiro atoms. The van der Waals surface area contributed by atoms with Crippen LogP contribution in [0.4, 0.5) is 0 Å². The number of hydrogen-bond donors (Lipinski definition) is 1. The van der Waals surface area contributed by atoms with E-state index in [-0.39, 0.29) is 12.5 Å². The van der Waals surface area contributed by atoms with E-state index in [1.807, 2.05) is 13.8 Å². The summed E-state index contributed by atoms with van der Waals surface area (Å²) in [5.74, 6) is -0.531. The Morgan fingerprint density at radius 3 is 2.79 bits per heavy atom. The molecule has 1 N–H and O–H groups in total. The van der Waals surface area contributed by atoms with E-state index in [4.69, 9.17) is 13.9 Å². The fourth-order valence-corrected chi connectivity index (χ4v) is 1.95. The summed E-state index contributed by atoms with van der Waals surface area (Å²) >= 11 is 0. The van der Waals surface area contributed by atoms with Crippen LogP contribution in [0.25, 0.3) is 11.0 Å². The van der Waals surface area contributed by atoms with Crippen molar-refractivity contribution in [2.24, 2.45) is 5.92 Å². The van der Waals surface area contributed by atoms with Gasteiger partial charge in [0.15, 0.2) is 18.1 Å². The van der Waals surface area contributed by atoms with Gasteiger partial charge >= 0.3 is 5.63 Å². The molecule has 1 aliphatic heterocycles. The van der Waals surface area contributed by atoms with Gasteiger partial charge in [0, 0.05) is 23.4 Å². The molecule has 2 aromatic rings. The predicted molar refractivity (Wildman–Crippen MR) is 68.4 cm³/mol. The van der Waals surface area contributed by atoms with E-state index in [2.05, 4.69) is 0 Å². The third-order valence-electron chi connectivity index (χ3n) is 3.31. The van der Waals surface area contributed by atoms with Crippen LogP contribution in [0.1, 0.15) is 13.8 Å². The van der Waals surface area contributed by atoms with E-state index in [9.17, 15) is 9.90 Å². The summed E-state index contributed by atoms with van der Waals surface area (Å²) < 4.78 is 16.2. The number of benzene rings is 1. The zero-order valence-electron chi connectivity index (χ0n) is 10.7. The Kier molecular flexibility index (Phi) is 2.53. The number of fused-ring (bicyclic) bond motifs is 2. The van der Waals surface area contributed by atoms with Crippen molar-refractivity contribution in [2.75, 3.05) is 6.61 Å². The van der Waals surface area contributed by atoms with E-state index in [1.54, 1.807) is 18.2 Å². The van der Waals surface area contributed by atoms with Crippen LogP contribution >= 0.6 is 0 Å². The van der Waals surface area contributed by atoms with Crippen molar-refractivity contribution in [2.45, 2.75) is 19.6 Å². The first-order chi connectivity index (χ1) is 8.98. The van der Waals surface area contributed by atoms with Crippen molar-refractivity contribution in [1.29, 1.82) is 0 Å². The van der Waals surface area contributed by atoms with Gasteiger partial charge in [-0.2, -0.15) is 0 Å². The average molecular weight is 262 g/mol. The minimum Gasteiger partial charge on any atom is -0.483 e. The average Bonchev–Trinajstić information content (AvgIpc) is 2.36. The highest BCUT2D eigenvalue weighted by atomic mass is 16.7. The highest BCUT2D eigenvalue weighted by molar-refractivity contribution is 5.80. The smallest absolute Gasteiger partial charge is 0.336 e. The van der Waals surface area contributed by atoms with Crippen LogP contribution in [0, 0.1) is 5.92 Å². The van der Waals surface area contributed by atoms with Crippen LogP contribution < -0.4 is 15.1 Å². The summed E-state index contributed by atoms with van der Waals surface area (Å²) in [5, 5.41) is 11.0. The molecule has 2 heterocycles. The van der Waals surface area contributed by atoms with Crippen molar-refractivity contribution >= 4 is 11.0 Å². The van der Waals surface area contributed by atoms with Crippen molar-refractivity contribution in [3.63, 3.8) is 0 Å². The lowest BCUT2D eigenvalue weighted by molar-refractivity contribution is -0.202. The van der Waals surface area contributed by atoms with Crippen LogP contribution in [-0.4, -0.2) is 17.5 Å². The molecule has 0 saturated heterocycles. The molecule has 100 valence electrons. The molecule has 3 rings (SSSR count). The molecule has 1 atom stereocenters. The Balaban J connectivity index is 2.11. The summed E-state index contributed by atoms with van der Waals surface area (Å²) in [5.41, 5.74) is 0.0210. The van der Waals surface area contributed by atoms with Gasteiger partial charge in [-0.1, -0.05) is 13.8 Å². The number of rotatable bonds is 1. The van der Waals surface area contributed by atoms with Crippen LogP contribution in [0.3, 0.4) is 0 Å². The molecule has 0 saturated carbocycles. The van der Waals surface area contributed by atoms with E-state index in [0.29, 0.717) is 17.1 Å². The zero-order valence-corrected chi connectivity index (χ0v) is 10.7. The monoisotopic (exact) mass is 262 g/mol. The summed E-state index contributed by atoms with van der Waals surface area (Å²) in [6, 6.07) is 6.28. The Morgan fingerprint density at radius 1 is 1.26 bits per heavy atom. The Bertz CT molecular complexity index is 688. The Labute approximate surface area is 109 Å². The lowest BCUT2D eigenvalue weighted by atomic mass is 10.0. The standard InChI is InChI=1S/C14H14O5/c1-8(2)14(16)7-17-11-6-10-9(5-12(11)19-14)3-4-13(15)18-10/h3-6,8,16H,7H2,1-2H3. The molecule has 0 radical (unpaired) electrons. The second-order valence-electron chi connectivity index (χ2n) is 4.98. The number of hydrogen-bond acceptors (Lipinski definition) is 5. The van der Waals surface area contributed by atoms with Gasteiger partial charge in [-0.25, -0.2) is 4.79 Å². The Hall–Kier alpha value is -2.01. The van der Waals surface area contributed by atoms with Gasteiger partial charge in [0.2, 0.25) is 5.79 Å². The molecule has 1 aromatic carbocycles. The highest BCUT2D eigenvalue weighted by Gasteiger charge is 2.39. The van der Waals surface area contributed by atoms with E-state index in [1.165, 1.54) is 6.07 Å². The van der Waals surface area contributed by atoms with Crippen molar-refractivity contribution < 1.29 is 19.0 Å². The molecule has 0 bridgehead atoms.